The normalized spacial score (nSPS) is 17.9. The van der Waals surface area contributed by atoms with Crippen LogP contribution in [-0.4, -0.2) is 64.2 Å². The highest BCUT2D eigenvalue weighted by molar-refractivity contribution is 7.99. The second-order valence-electron chi connectivity index (χ2n) is 7.37. The van der Waals surface area contributed by atoms with Crippen LogP contribution >= 0.6 is 11.8 Å². The molecule has 1 amide bonds. The molecular weight excluding hydrogens is 420 g/mol. The van der Waals surface area contributed by atoms with E-state index in [1.807, 2.05) is 18.2 Å². The Balaban J connectivity index is 1.29. The topological polar surface area (TPSA) is 81.8 Å². The monoisotopic (exact) mass is 446 g/mol. The zero-order chi connectivity index (χ0) is 21.0. The Morgan fingerprint density at radius 3 is 2.57 bits per heavy atom. The van der Waals surface area contributed by atoms with Crippen LogP contribution in [0.4, 0.5) is 11.4 Å². The molecule has 30 heavy (non-hydrogen) atoms. The molecule has 2 N–H and O–H groups in total. The number of carbonyl (C=O) groups excluding carboxylic acids is 1. The predicted molar refractivity (Wildman–Crippen MR) is 121 cm³/mol. The molecular formula is C21H26N4O3S2. The van der Waals surface area contributed by atoms with Gasteiger partial charge >= 0.3 is 0 Å². The number of rotatable bonds is 6. The van der Waals surface area contributed by atoms with Gasteiger partial charge in [-0.15, -0.1) is 11.8 Å². The van der Waals surface area contributed by atoms with Crippen molar-refractivity contribution in [1.82, 2.24) is 9.62 Å². The number of nitrogens with one attached hydrogen (secondary N) is 2. The van der Waals surface area contributed by atoms with Crippen molar-refractivity contribution in [3.05, 3.63) is 48.5 Å². The molecule has 7 nitrogen and oxygen atoms in total. The summed E-state index contributed by atoms with van der Waals surface area (Å²) in [6.45, 7) is 4.68. The van der Waals surface area contributed by atoms with Crippen LogP contribution < -0.4 is 14.9 Å². The summed E-state index contributed by atoms with van der Waals surface area (Å²) < 4.78 is 28.1. The first-order valence-electron chi connectivity index (χ1n) is 10.1. The van der Waals surface area contributed by atoms with Crippen molar-refractivity contribution >= 4 is 39.1 Å². The molecule has 0 spiro atoms. The van der Waals surface area contributed by atoms with Crippen molar-refractivity contribution in [2.24, 2.45) is 0 Å². The fraction of sp³-hybridized carbons (Fsp3) is 0.381. The highest BCUT2D eigenvalue weighted by atomic mass is 32.2. The van der Waals surface area contributed by atoms with Gasteiger partial charge in [0.15, 0.2) is 0 Å². The van der Waals surface area contributed by atoms with E-state index in [1.165, 1.54) is 5.69 Å². The summed E-state index contributed by atoms with van der Waals surface area (Å²) in [4.78, 5) is 17.5. The molecule has 2 aromatic rings. The first-order valence-corrected chi connectivity index (χ1v) is 12.6. The number of amides is 1. The van der Waals surface area contributed by atoms with Gasteiger partial charge in [0.25, 0.3) is 0 Å². The Kier molecular flexibility index (Phi) is 6.62. The number of benzene rings is 2. The molecule has 160 valence electrons. The van der Waals surface area contributed by atoms with Crippen molar-refractivity contribution in [2.45, 2.75) is 16.2 Å². The summed E-state index contributed by atoms with van der Waals surface area (Å²) in [5.74, 6) is 0.610. The first-order chi connectivity index (χ1) is 14.5. The van der Waals surface area contributed by atoms with E-state index >= 15 is 0 Å². The van der Waals surface area contributed by atoms with Crippen LogP contribution in [0.3, 0.4) is 0 Å². The molecule has 2 aromatic carbocycles. The molecule has 1 fully saturated rings. The molecule has 9 heteroatoms. The number of nitrogens with zero attached hydrogens (tertiary/aromatic N) is 2. The van der Waals surface area contributed by atoms with Gasteiger partial charge in [0.05, 0.1) is 10.6 Å². The van der Waals surface area contributed by atoms with Crippen molar-refractivity contribution in [3.63, 3.8) is 0 Å². The minimum absolute atomic E-state index is 0.0848. The van der Waals surface area contributed by atoms with E-state index in [0.29, 0.717) is 31.0 Å². The quantitative estimate of drug-likeness (QED) is 0.708. The number of fused-ring (bicyclic) bond motifs is 1. The lowest BCUT2D eigenvalue weighted by atomic mass is 10.2. The summed E-state index contributed by atoms with van der Waals surface area (Å²) in [6.07, 6.45) is 0.428. The Bertz CT molecular complexity index is 991. The van der Waals surface area contributed by atoms with Crippen molar-refractivity contribution in [2.75, 3.05) is 55.2 Å². The van der Waals surface area contributed by atoms with E-state index in [-0.39, 0.29) is 10.8 Å². The zero-order valence-corrected chi connectivity index (χ0v) is 18.3. The fourth-order valence-corrected chi connectivity index (χ4v) is 5.64. The van der Waals surface area contributed by atoms with Gasteiger partial charge in [-0.3, -0.25) is 9.69 Å². The van der Waals surface area contributed by atoms with Crippen LogP contribution in [0.5, 0.6) is 0 Å². The Labute approximate surface area is 181 Å². The van der Waals surface area contributed by atoms with Gasteiger partial charge in [-0.2, -0.15) is 0 Å². The maximum atomic E-state index is 12.7. The lowest BCUT2D eigenvalue weighted by Gasteiger charge is -2.36. The average molecular weight is 447 g/mol. The van der Waals surface area contributed by atoms with Gasteiger partial charge in [-0.25, -0.2) is 13.1 Å². The maximum Gasteiger partial charge on any atom is 0.240 e. The molecule has 0 aromatic heterocycles. The van der Waals surface area contributed by atoms with E-state index in [1.54, 1.807) is 30.0 Å². The third kappa shape index (κ3) is 5.15. The molecule has 0 bridgehead atoms. The summed E-state index contributed by atoms with van der Waals surface area (Å²) >= 11 is 1.56. The number of hydrogen-bond donors (Lipinski definition) is 2. The lowest BCUT2D eigenvalue weighted by Crippen LogP contribution is -2.48. The second kappa shape index (κ2) is 9.38. The van der Waals surface area contributed by atoms with E-state index in [4.69, 9.17) is 0 Å². The third-order valence-electron chi connectivity index (χ3n) is 5.34. The fourth-order valence-electron chi connectivity index (χ4n) is 3.66. The lowest BCUT2D eigenvalue weighted by molar-refractivity contribution is -0.115. The van der Waals surface area contributed by atoms with Crippen LogP contribution in [0, 0.1) is 0 Å². The molecule has 0 saturated carbocycles. The minimum Gasteiger partial charge on any atom is -0.369 e. The minimum atomic E-state index is -3.63. The van der Waals surface area contributed by atoms with Gasteiger partial charge in [0, 0.05) is 62.0 Å². The smallest absolute Gasteiger partial charge is 0.240 e. The van der Waals surface area contributed by atoms with Crippen molar-refractivity contribution < 1.29 is 13.2 Å². The van der Waals surface area contributed by atoms with Crippen molar-refractivity contribution in [3.8, 4) is 0 Å². The molecule has 0 radical (unpaired) electrons. The van der Waals surface area contributed by atoms with E-state index in [2.05, 4.69) is 32.0 Å². The van der Waals surface area contributed by atoms with Crippen molar-refractivity contribution in [1.29, 1.82) is 0 Å². The third-order valence-corrected chi connectivity index (χ3v) is 7.87. The van der Waals surface area contributed by atoms with Gasteiger partial charge in [0.1, 0.15) is 0 Å². The average Bonchev–Trinajstić information content (AvgIpc) is 2.94. The van der Waals surface area contributed by atoms with Gasteiger partial charge in [-0.05, 0) is 30.3 Å². The number of piperazine rings is 1. The summed E-state index contributed by atoms with van der Waals surface area (Å²) in [5, 5.41) is 2.80. The summed E-state index contributed by atoms with van der Waals surface area (Å²) in [5.41, 5.74) is 1.80. The number of hydrogen-bond acceptors (Lipinski definition) is 6. The van der Waals surface area contributed by atoms with E-state index < -0.39 is 10.0 Å². The van der Waals surface area contributed by atoms with Crippen LogP contribution in [0.1, 0.15) is 6.42 Å². The van der Waals surface area contributed by atoms with Crippen LogP contribution in [0.25, 0.3) is 0 Å². The number of para-hydroxylation sites is 1. The highest BCUT2D eigenvalue weighted by Crippen LogP contribution is 2.32. The molecule has 2 aliphatic rings. The van der Waals surface area contributed by atoms with Crippen LogP contribution in [0.15, 0.2) is 58.3 Å². The summed E-state index contributed by atoms with van der Waals surface area (Å²) in [7, 11) is -3.63. The second-order valence-corrected chi connectivity index (χ2v) is 10.3. The number of sulfonamides is 1. The number of thioether (sulfide) groups is 1. The predicted octanol–water partition coefficient (Wildman–Crippen LogP) is 2.22. The number of carbonyl (C=O) groups is 1. The van der Waals surface area contributed by atoms with Gasteiger partial charge in [-0.1, -0.05) is 18.2 Å². The highest BCUT2D eigenvalue weighted by Gasteiger charge is 2.21. The SMILES string of the molecule is O=C1CCSc2ccc(S(=O)(=O)NCCN3CCN(c4ccccc4)CC3)cc2N1. The Morgan fingerprint density at radius 2 is 1.80 bits per heavy atom. The van der Waals surface area contributed by atoms with E-state index in [9.17, 15) is 13.2 Å². The van der Waals surface area contributed by atoms with Crippen LogP contribution in [-0.2, 0) is 14.8 Å². The molecule has 1 saturated heterocycles. The Morgan fingerprint density at radius 1 is 1.03 bits per heavy atom. The molecule has 4 rings (SSSR count). The van der Waals surface area contributed by atoms with Gasteiger partial charge in [0.2, 0.25) is 15.9 Å². The Hall–Kier alpha value is -2.07. The molecule has 2 aliphatic heterocycles. The first kappa shape index (κ1) is 21.2. The van der Waals surface area contributed by atoms with E-state index in [0.717, 1.165) is 31.1 Å². The molecule has 0 unspecified atom stereocenters. The standard InChI is InChI=1S/C21H26N4O3S2/c26-21-8-15-29-20-7-6-18(16-19(20)23-21)30(27,28)22-9-10-24-11-13-25(14-12-24)17-4-2-1-3-5-17/h1-7,16,22H,8-15H2,(H,23,26). The molecule has 2 heterocycles. The molecule has 0 atom stereocenters. The zero-order valence-electron chi connectivity index (χ0n) is 16.7. The maximum absolute atomic E-state index is 12.7. The molecule has 0 aliphatic carbocycles. The summed E-state index contributed by atoms with van der Waals surface area (Å²) in [6, 6.07) is 15.3. The van der Waals surface area contributed by atoms with Crippen LogP contribution in [0.2, 0.25) is 0 Å². The largest absolute Gasteiger partial charge is 0.369 e. The van der Waals surface area contributed by atoms with Gasteiger partial charge < -0.3 is 10.2 Å². The number of anilines is 2.